The van der Waals surface area contributed by atoms with E-state index in [0.29, 0.717) is 6.07 Å². The van der Waals surface area contributed by atoms with E-state index in [9.17, 15) is 22.0 Å². The molecule has 1 radical (unpaired) electrons. The van der Waals surface area contributed by atoms with Crippen LogP contribution in [0.5, 0.6) is 0 Å². The smallest absolute Gasteiger partial charge is 0.207 e. The molecule has 0 atom stereocenters. The van der Waals surface area contributed by atoms with Crippen molar-refractivity contribution in [3.05, 3.63) is 59.7 Å². The molecule has 5 heteroatoms. The summed E-state index contributed by atoms with van der Waals surface area (Å²) in [6.45, 7) is 0. The van der Waals surface area contributed by atoms with Crippen molar-refractivity contribution in [1.29, 1.82) is 0 Å². The predicted molar refractivity (Wildman–Crippen MR) is 55.6 cm³/mol. The van der Waals surface area contributed by atoms with Crippen molar-refractivity contribution >= 4 is 0 Å². The summed E-state index contributed by atoms with van der Waals surface area (Å²) in [5.74, 6) is -2.09. The number of hydrogen-bond donors (Lipinski definition) is 0. The third-order valence-electron chi connectivity index (χ3n) is 2.36. The lowest BCUT2D eigenvalue weighted by molar-refractivity contribution is -0.139. The number of halogens is 5. The molecule has 0 saturated heterocycles. The van der Waals surface area contributed by atoms with Crippen LogP contribution in [-0.2, 0) is 6.18 Å². The van der Waals surface area contributed by atoms with Gasteiger partial charge in [0.15, 0.2) is 0 Å². The zero-order valence-electron chi connectivity index (χ0n) is 8.85. The highest BCUT2D eigenvalue weighted by atomic mass is 19.4. The van der Waals surface area contributed by atoms with Crippen LogP contribution in [0, 0.1) is 17.7 Å². The molecule has 18 heavy (non-hydrogen) atoms. The van der Waals surface area contributed by atoms with Crippen LogP contribution in [0.3, 0.4) is 0 Å². The summed E-state index contributed by atoms with van der Waals surface area (Å²) in [6.07, 6.45) is -4.78. The highest BCUT2D eigenvalue weighted by molar-refractivity contribution is 5.64. The molecule has 0 N–H and O–H groups in total. The summed E-state index contributed by atoms with van der Waals surface area (Å²) >= 11 is 0. The van der Waals surface area contributed by atoms with E-state index < -0.39 is 23.4 Å². The third kappa shape index (κ3) is 2.34. The summed E-state index contributed by atoms with van der Waals surface area (Å²) < 4.78 is 64.2. The summed E-state index contributed by atoms with van der Waals surface area (Å²) in [7, 11) is 0. The van der Waals surface area contributed by atoms with Gasteiger partial charge in [0.05, 0.1) is 5.56 Å². The first kappa shape index (κ1) is 12.5. The molecule has 0 spiro atoms. The van der Waals surface area contributed by atoms with Crippen molar-refractivity contribution in [2.75, 3.05) is 0 Å². The van der Waals surface area contributed by atoms with Crippen LogP contribution < -0.4 is 0 Å². The first-order chi connectivity index (χ1) is 8.39. The van der Waals surface area contributed by atoms with Crippen molar-refractivity contribution < 1.29 is 22.0 Å². The standard InChI is InChI=1S/C13H6F5/c14-9-4-1-3-8(7-9)10-5-2-6-11(12(10)15)13(16,17)18/h1-2,4-7H. The maximum atomic E-state index is 13.7. The van der Waals surface area contributed by atoms with Gasteiger partial charge in [-0.15, -0.1) is 0 Å². The van der Waals surface area contributed by atoms with Crippen LogP contribution in [0.1, 0.15) is 5.56 Å². The van der Waals surface area contributed by atoms with Gasteiger partial charge in [-0.3, -0.25) is 0 Å². The Hall–Kier alpha value is -1.91. The maximum absolute atomic E-state index is 13.7. The molecule has 0 aliphatic carbocycles. The molecule has 0 fully saturated rings. The Bertz CT molecular complexity index is 572. The average Bonchev–Trinajstić information content (AvgIpc) is 2.27. The SMILES string of the molecule is Fc1cc[c]c(-c2cccc(C(F)(F)F)c2F)c1. The maximum Gasteiger partial charge on any atom is 0.419 e. The number of hydrogen-bond acceptors (Lipinski definition) is 0. The zero-order chi connectivity index (χ0) is 13.3. The number of rotatable bonds is 1. The second-order valence-corrected chi connectivity index (χ2v) is 3.59. The van der Waals surface area contributed by atoms with Crippen LogP contribution in [0.25, 0.3) is 11.1 Å². The van der Waals surface area contributed by atoms with Crippen LogP contribution in [0.2, 0.25) is 0 Å². The van der Waals surface area contributed by atoms with E-state index in [-0.39, 0.29) is 11.1 Å². The van der Waals surface area contributed by atoms with Gasteiger partial charge in [0, 0.05) is 5.56 Å². The second kappa shape index (κ2) is 4.40. The van der Waals surface area contributed by atoms with E-state index in [1.54, 1.807) is 0 Å². The van der Waals surface area contributed by atoms with E-state index in [1.165, 1.54) is 6.07 Å². The van der Waals surface area contributed by atoms with Crippen molar-refractivity contribution in [2.24, 2.45) is 0 Å². The van der Waals surface area contributed by atoms with Crippen molar-refractivity contribution in [3.8, 4) is 11.1 Å². The van der Waals surface area contributed by atoms with E-state index in [1.807, 2.05) is 0 Å². The molecule has 2 rings (SSSR count). The van der Waals surface area contributed by atoms with Gasteiger partial charge in [-0.25, -0.2) is 8.78 Å². The van der Waals surface area contributed by atoms with Gasteiger partial charge in [-0.1, -0.05) is 18.2 Å². The highest BCUT2D eigenvalue weighted by Gasteiger charge is 2.34. The molecule has 0 heterocycles. The van der Waals surface area contributed by atoms with Gasteiger partial charge in [0.1, 0.15) is 11.6 Å². The van der Waals surface area contributed by atoms with Gasteiger partial charge >= 0.3 is 6.18 Å². The summed E-state index contributed by atoms with van der Waals surface area (Å²) in [5, 5.41) is 0. The lowest BCUT2D eigenvalue weighted by Gasteiger charge is -2.11. The van der Waals surface area contributed by atoms with Gasteiger partial charge in [0.25, 0.3) is 0 Å². The van der Waals surface area contributed by atoms with Gasteiger partial charge < -0.3 is 0 Å². The summed E-state index contributed by atoms with van der Waals surface area (Å²) in [6, 6.07) is 8.55. The van der Waals surface area contributed by atoms with E-state index in [2.05, 4.69) is 6.07 Å². The Morgan fingerprint density at radius 3 is 2.33 bits per heavy atom. The summed E-state index contributed by atoms with van der Waals surface area (Å²) in [4.78, 5) is 0. The molecule has 2 aromatic carbocycles. The molecule has 0 saturated carbocycles. The molecule has 0 bridgehead atoms. The quantitative estimate of drug-likeness (QED) is 0.662. The second-order valence-electron chi connectivity index (χ2n) is 3.59. The Morgan fingerprint density at radius 1 is 1.00 bits per heavy atom. The number of benzene rings is 2. The van der Waals surface area contributed by atoms with Crippen molar-refractivity contribution in [1.82, 2.24) is 0 Å². The van der Waals surface area contributed by atoms with E-state index in [0.717, 1.165) is 24.3 Å². The molecule has 0 aliphatic heterocycles. The first-order valence-corrected chi connectivity index (χ1v) is 4.93. The Morgan fingerprint density at radius 2 is 1.72 bits per heavy atom. The largest absolute Gasteiger partial charge is 0.419 e. The Balaban J connectivity index is 2.60. The molecule has 93 valence electrons. The molecule has 0 unspecified atom stereocenters. The number of alkyl halides is 3. The third-order valence-corrected chi connectivity index (χ3v) is 2.36. The minimum Gasteiger partial charge on any atom is -0.207 e. The normalized spacial score (nSPS) is 11.6. The summed E-state index contributed by atoms with van der Waals surface area (Å²) in [5.41, 5.74) is -1.76. The van der Waals surface area contributed by atoms with Gasteiger partial charge in [-0.2, -0.15) is 13.2 Å². The van der Waals surface area contributed by atoms with Crippen molar-refractivity contribution in [3.63, 3.8) is 0 Å². The fraction of sp³-hybridized carbons (Fsp3) is 0.0769. The molecular formula is C13H6F5. The van der Waals surface area contributed by atoms with Crippen LogP contribution in [0.15, 0.2) is 36.4 Å². The first-order valence-electron chi connectivity index (χ1n) is 4.93. The zero-order valence-corrected chi connectivity index (χ0v) is 8.85. The molecule has 0 aliphatic rings. The Labute approximate surface area is 99.7 Å². The van der Waals surface area contributed by atoms with E-state index >= 15 is 0 Å². The Kier molecular flexibility index (Phi) is 3.07. The highest BCUT2D eigenvalue weighted by Crippen LogP contribution is 2.35. The molecule has 0 aromatic heterocycles. The van der Waals surface area contributed by atoms with Crippen LogP contribution in [-0.4, -0.2) is 0 Å². The predicted octanol–water partition coefficient (Wildman–Crippen LogP) is 4.45. The monoisotopic (exact) mass is 257 g/mol. The van der Waals surface area contributed by atoms with Gasteiger partial charge in [0.2, 0.25) is 0 Å². The molecular weight excluding hydrogens is 251 g/mol. The lowest BCUT2D eigenvalue weighted by Crippen LogP contribution is -2.08. The van der Waals surface area contributed by atoms with Crippen molar-refractivity contribution in [2.45, 2.75) is 6.18 Å². The molecule has 0 nitrogen and oxygen atoms in total. The fourth-order valence-corrected chi connectivity index (χ4v) is 1.55. The molecule has 2 aromatic rings. The van der Waals surface area contributed by atoms with Gasteiger partial charge in [-0.05, 0) is 29.8 Å². The van der Waals surface area contributed by atoms with Crippen LogP contribution >= 0.6 is 0 Å². The van der Waals surface area contributed by atoms with Crippen LogP contribution in [0.4, 0.5) is 22.0 Å². The molecule has 0 amide bonds. The fourth-order valence-electron chi connectivity index (χ4n) is 1.55. The minimum absolute atomic E-state index is 0.0569. The lowest BCUT2D eigenvalue weighted by atomic mass is 10.0. The minimum atomic E-state index is -4.78. The average molecular weight is 257 g/mol. The topological polar surface area (TPSA) is 0 Å². The van der Waals surface area contributed by atoms with E-state index in [4.69, 9.17) is 0 Å².